The number of urea groups is 1. The zero-order valence-electron chi connectivity index (χ0n) is 14.5. The van der Waals surface area contributed by atoms with Gasteiger partial charge in [0.05, 0.1) is 0 Å². The molecule has 1 saturated heterocycles. The lowest BCUT2D eigenvalue weighted by Gasteiger charge is -2.37. The standard InChI is InChI=1S/C18H29N3O2/c1-15(2)16-7-4-5-8-17(16)20-10-12-21(13-11-20)18(22)19-9-6-14-23-3/h4-5,7-8,15H,6,9-14H2,1-3H3,(H,19,22). The van der Waals surface area contributed by atoms with Crippen molar-refractivity contribution in [1.29, 1.82) is 0 Å². The summed E-state index contributed by atoms with van der Waals surface area (Å²) >= 11 is 0. The largest absolute Gasteiger partial charge is 0.385 e. The van der Waals surface area contributed by atoms with Crippen LogP contribution in [0.2, 0.25) is 0 Å². The summed E-state index contributed by atoms with van der Waals surface area (Å²) in [6, 6.07) is 8.63. The van der Waals surface area contributed by atoms with Crippen molar-refractivity contribution in [2.75, 3.05) is 51.3 Å². The predicted molar refractivity (Wildman–Crippen MR) is 94.2 cm³/mol. The summed E-state index contributed by atoms with van der Waals surface area (Å²) in [6.07, 6.45) is 0.851. The molecule has 0 bridgehead atoms. The number of nitrogens with zero attached hydrogens (tertiary/aromatic N) is 2. The molecule has 1 aliphatic heterocycles. The number of para-hydroxylation sites is 1. The van der Waals surface area contributed by atoms with E-state index in [1.165, 1.54) is 11.3 Å². The zero-order valence-corrected chi connectivity index (χ0v) is 14.5. The number of hydrogen-bond donors (Lipinski definition) is 1. The second-order valence-electron chi connectivity index (χ2n) is 6.27. The van der Waals surface area contributed by atoms with Crippen LogP contribution >= 0.6 is 0 Å². The monoisotopic (exact) mass is 319 g/mol. The lowest BCUT2D eigenvalue weighted by Crippen LogP contribution is -2.52. The average Bonchev–Trinajstić information content (AvgIpc) is 2.58. The van der Waals surface area contributed by atoms with Gasteiger partial charge in [-0.15, -0.1) is 0 Å². The second-order valence-corrected chi connectivity index (χ2v) is 6.27. The van der Waals surface area contributed by atoms with E-state index in [2.05, 4.69) is 48.3 Å². The molecule has 0 aliphatic carbocycles. The lowest BCUT2D eigenvalue weighted by molar-refractivity contribution is 0.183. The second kappa shape index (κ2) is 8.77. The minimum atomic E-state index is 0.0397. The number of piperazine rings is 1. The normalized spacial score (nSPS) is 15.1. The molecule has 5 heteroatoms. The minimum Gasteiger partial charge on any atom is -0.385 e. The highest BCUT2D eigenvalue weighted by Crippen LogP contribution is 2.27. The summed E-state index contributed by atoms with van der Waals surface area (Å²) < 4.78 is 4.99. The fraction of sp³-hybridized carbons (Fsp3) is 0.611. The summed E-state index contributed by atoms with van der Waals surface area (Å²) in [5, 5.41) is 2.96. The number of carbonyl (C=O) groups excluding carboxylic acids is 1. The van der Waals surface area contributed by atoms with Crippen molar-refractivity contribution in [2.45, 2.75) is 26.2 Å². The van der Waals surface area contributed by atoms with E-state index in [9.17, 15) is 4.79 Å². The zero-order chi connectivity index (χ0) is 16.7. The van der Waals surface area contributed by atoms with E-state index in [1.807, 2.05) is 4.90 Å². The molecular weight excluding hydrogens is 290 g/mol. The Hall–Kier alpha value is -1.75. The fourth-order valence-corrected chi connectivity index (χ4v) is 2.94. The van der Waals surface area contributed by atoms with Gasteiger partial charge in [-0.25, -0.2) is 4.79 Å². The van der Waals surface area contributed by atoms with Crippen LogP contribution in [0, 0.1) is 0 Å². The fourth-order valence-electron chi connectivity index (χ4n) is 2.94. The maximum absolute atomic E-state index is 12.1. The van der Waals surface area contributed by atoms with E-state index in [0.29, 0.717) is 19.1 Å². The number of ether oxygens (including phenoxy) is 1. The molecule has 1 fully saturated rings. The van der Waals surface area contributed by atoms with Crippen LogP contribution in [0.25, 0.3) is 0 Å². The van der Waals surface area contributed by atoms with Crippen LogP contribution in [-0.2, 0) is 4.74 Å². The number of carbonyl (C=O) groups is 1. The Labute approximate surface area is 139 Å². The van der Waals surface area contributed by atoms with Gasteiger partial charge in [0.15, 0.2) is 0 Å². The van der Waals surface area contributed by atoms with Crippen LogP contribution < -0.4 is 10.2 Å². The molecule has 23 heavy (non-hydrogen) atoms. The highest BCUT2D eigenvalue weighted by molar-refractivity contribution is 5.74. The Balaban J connectivity index is 1.85. The SMILES string of the molecule is COCCCNC(=O)N1CCN(c2ccccc2C(C)C)CC1. The maximum Gasteiger partial charge on any atom is 0.317 e. The Morgan fingerprint density at radius 2 is 1.91 bits per heavy atom. The number of rotatable bonds is 6. The third kappa shape index (κ3) is 4.86. The van der Waals surface area contributed by atoms with Crippen molar-refractivity contribution < 1.29 is 9.53 Å². The van der Waals surface area contributed by atoms with Crippen LogP contribution in [0.1, 0.15) is 31.7 Å². The third-order valence-electron chi connectivity index (χ3n) is 4.27. The topological polar surface area (TPSA) is 44.8 Å². The van der Waals surface area contributed by atoms with Crippen LogP contribution in [-0.4, -0.2) is 57.4 Å². The predicted octanol–water partition coefficient (Wildman–Crippen LogP) is 2.68. The van der Waals surface area contributed by atoms with Gasteiger partial charge in [-0.05, 0) is 24.0 Å². The Bertz CT molecular complexity index is 497. The quantitative estimate of drug-likeness (QED) is 0.820. The van der Waals surface area contributed by atoms with Crippen molar-refractivity contribution in [3.8, 4) is 0 Å². The number of amides is 2. The number of benzene rings is 1. The first-order chi connectivity index (χ1) is 11.1. The molecule has 1 N–H and O–H groups in total. The van der Waals surface area contributed by atoms with Gasteiger partial charge in [-0.1, -0.05) is 32.0 Å². The Kier molecular flexibility index (Phi) is 6.71. The maximum atomic E-state index is 12.1. The van der Waals surface area contributed by atoms with E-state index in [1.54, 1.807) is 7.11 Å². The first-order valence-electron chi connectivity index (χ1n) is 8.49. The van der Waals surface area contributed by atoms with Crippen molar-refractivity contribution in [3.05, 3.63) is 29.8 Å². The molecule has 0 radical (unpaired) electrons. The lowest BCUT2D eigenvalue weighted by atomic mass is 10.00. The first kappa shape index (κ1) is 17.6. The van der Waals surface area contributed by atoms with Gasteiger partial charge < -0.3 is 19.9 Å². The molecule has 1 aliphatic rings. The van der Waals surface area contributed by atoms with Crippen molar-refractivity contribution in [3.63, 3.8) is 0 Å². The van der Waals surface area contributed by atoms with Crippen LogP contribution in [0.5, 0.6) is 0 Å². The summed E-state index contributed by atoms with van der Waals surface area (Å²) in [6.45, 7) is 9.10. The molecule has 0 atom stereocenters. The van der Waals surface area contributed by atoms with Gasteiger partial charge >= 0.3 is 6.03 Å². The molecule has 0 aromatic heterocycles. The Morgan fingerprint density at radius 1 is 1.22 bits per heavy atom. The molecule has 128 valence electrons. The molecule has 0 spiro atoms. The van der Waals surface area contributed by atoms with E-state index in [0.717, 1.165) is 32.6 Å². The number of methoxy groups -OCH3 is 1. The van der Waals surface area contributed by atoms with E-state index in [4.69, 9.17) is 4.74 Å². The number of hydrogen-bond acceptors (Lipinski definition) is 3. The van der Waals surface area contributed by atoms with Gasteiger partial charge in [0.1, 0.15) is 0 Å². The molecule has 2 amide bonds. The average molecular weight is 319 g/mol. The molecular formula is C18H29N3O2. The van der Waals surface area contributed by atoms with E-state index >= 15 is 0 Å². The van der Waals surface area contributed by atoms with Gasteiger partial charge in [0.25, 0.3) is 0 Å². The third-order valence-corrected chi connectivity index (χ3v) is 4.27. The highest BCUT2D eigenvalue weighted by atomic mass is 16.5. The van der Waals surface area contributed by atoms with Gasteiger partial charge in [0, 0.05) is 52.1 Å². The minimum absolute atomic E-state index is 0.0397. The molecule has 1 aromatic rings. The first-order valence-corrected chi connectivity index (χ1v) is 8.49. The van der Waals surface area contributed by atoms with Crippen LogP contribution in [0.15, 0.2) is 24.3 Å². The van der Waals surface area contributed by atoms with Gasteiger partial charge in [-0.3, -0.25) is 0 Å². The van der Waals surface area contributed by atoms with Crippen molar-refractivity contribution in [1.82, 2.24) is 10.2 Å². The van der Waals surface area contributed by atoms with Gasteiger partial charge in [-0.2, -0.15) is 0 Å². The van der Waals surface area contributed by atoms with Crippen LogP contribution in [0.3, 0.4) is 0 Å². The summed E-state index contributed by atoms with van der Waals surface area (Å²) in [5.41, 5.74) is 2.69. The molecule has 0 saturated carbocycles. The summed E-state index contributed by atoms with van der Waals surface area (Å²) in [7, 11) is 1.68. The molecule has 0 unspecified atom stereocenters. The Morgan fingerprint density at radius 3 is 2.57 bits per heavy atom. The summed E-state index contributed by atoms with van der Waals surface area (Å²) in [5.74, 6) is 0.508. The molecule has 5 nitrogen and oxygen atoms in total. The molecule has 1 aromatic carbocycles. The van der Waals surface area contributed by atoms with Crippen LogP contribution in [0.4, 0.5) is 10.5 Å². The molecule has 2 rings (SSSR count). The van der Waals surface area contributed by atoms with Crippen molar-refractivity contribution in [2.24, 2.45) is 0 Å². The summed E-state index contributed by atoms with van der Waals surface area (Å²) in [4.78, 5) is 16.4. The van der Waals surface area contributed by atoms with E-state index in [-0.39, 0.29) is 6.03 Å². The highest BCUT2D eigenvalue weighted by Gasteiger charge is 2.22. The van der Waals surface area contributed by atoms with Crippen molar-refractivity contribution >= 4 is 11.7 Å². The number of anilines is 1. The van der Waals surface area contributed by atoms with Gasteiger partial charge in [0.2, 0.25) is 0 Å². The smallest absolute Gasteiger partial charge is 0.317 e. The van der Waals surface area contributed by atoms with E-state index < -0.39 is 0 Å². The number of nitrogens with one attached hydrogen (secondary N) is 1. The molecule has 1 heterocycles.